The van der Waals surface area contributed by atoms with E-state index in [-0.39, 0.29) is 6.03 Å². The summed E-state index contributed by atoms with van der Waals surface area (Å²) < 4.78 is 12.9. The molecule has 1 aliphatic rings. The van der Waals surface area contributed by atoms with Crippen molar-refractivity contribution in [2.75, 3.05) is 24.4 Å². The Labute approximate surface area is 188 Å². The topological polar surface area (TPSA) is 81.5 Å². The number of para-hydroxylation sites is 1. The first-order chi connectivity index (χ1) is 15.6. The fraction of sp³-hybridized carbons (Fsp3) is 0.375. The average molecular weight is 436 g/mol. The maximum atomic E-state index is 13.5. The van der Waals surface area contributed by atoms with E-state index in [0.29, 0.717) is 24.0 Å². The standard InChI is InChI=1S/C24H29N5O3/c1-17-9-6-7-10-19(17)25-24(30)29(16-18-12-13-20(31-2)21(15-18)32-3)23-27-26-22-11-5-4-8-14-28(22)23/h6-7,9-10,12-13,15H,4-5,8,11,14,16H2,1-3H3,(H,25,30). The van der Waals surface area contributed by atoms with Gasteiger partial charge < -0.3 is 14.8 Å². The van der Waals surface area contributed by atoms with Crippen molar-refractivity contribution in [1.29, 1.82) is 0 Å². The van der Waals surface area contributed by atoms with Crippen molar-refractivity contribution in [1.82, 2.24) is 14.8 Å². The highest BCUT2D eigenvalue weighted by atomic mass is 16.5. The molecule has 0 bridgehead atoms. The smallest absolute Gasteiger partial charge is 0.329 e. The van der Waals surface area contributed by atoms with Crippen molar-refractivity contribution in [3.63, 3.8) is 0 Å². The predicted molar refractivity (Wildman–Crippen MR) is 124 cm³/mol. The van der Waals surface area contributed by atoms with Gasteiger partial charge in [0.05, 0.1) is 20.8 Å². The third-order valence-corrected chi connectivity index (χ3v) is 5.75. The Hall–Kier alpha value is -3.55. The number of nitrogens with zero attached hydrogens (tertiary/aromatic N) is 4. The van der Waals surface area contributed by atoms with Gasteiger partial charge in [-0.25, -0.2) is 4.79 Å². The fourth-order valence-electron chi connectivity index (χ4n) is 3.96. The van der Waals surface area contributed by atoms with Crippen LogP contribution in [0.15, 0.2) is 42.5 Å². The van der Waals surface area contributed by atoms with E-state index in [9.17, 15) is 4.79 Å². The second-order valence-electron chi connectivity index (χ2n) is 7.90. The molecule has 1 aromatic heterocycles. The number of carbonyl (C=O) groups excluding carboxylic acids is 1. The number of amides is 2. The highest BCUT2D eigenvalue weighted by molar-refractivity contribution is 6.01. The molecule has 0 aliphatic carbocycles. The molecule has 3 aromatic rings. The normalized spacial score (nSPS) is 13.1. The lowest BCUT2D eigenvalue weighted by atomic mass is 10.2. The van der Waals surface area contributed by atoms with Gasteiger partial charge in [0.15, 0.2) is 11.5 Å². The van der Waals surface area contributed by atoms with Crippen LogP contribution in [0, 0.1) is 6.92 Å². The fourth-order valence-corrected chi connectivity index (χ4v) is 3.96. The first-order valence-corrected chi connectivity index (χ1v) is 10.9. The SMILES string of the molecule is COc1ccc(CN(C(=O)Nc2ccccc2C)c2nnc3n2CCCCC3)cc1OC. The number of nitrogens with one attached hydrogen (secondary N) is 1. The second kappa shape index (κ2) is 9.72. The van der Waals surface area contributed by atoms with Crippen LogP contribution in [0.2, 0.25) is 0 Å². The van der Waals surface area contributed by atoms with Crippen LogP contribution in [0.3, 0.4) is 0 Å². The first-order valence-electron chi connectivity index (χ1n) is 10.9. The van der Waals surface area contributed by atoms with Gasteiger partial charge in [0, 0.05) is 18.7 Å². The van der Waals surface area contributed by atoms with Crippen LogP contribution in [0.5, 0.6) is 11.5 Å². The van der Waals surface area contributed by atoms with E-state index in [1.807, 2.05) is 49.4 Å². The number of anilines is 2. The summed E-state index contributed by atoms with van der Waals surface area (Å²) in [5.41, 5.74) is 2.66. The molecule has 8 heteroatoms. The zero-order chi connectivity index (χ0) is 22.5. The molecule has 168 valence electrons. The maximum Gasteiger partial charge on any atom is 0.329 e. The number of hydrogen-bond donors (Lipinski definition) is 1. The van der Waals surface area contributed by atoms with Gasteiger partial charge in [-0.05, 0) is 49.1 Å². The number of methoxy groups -OCH3 is 2. The maximum absolute atomic E-state index is 13.5. The van der Waals surface area contributed by atoms with E-state index in [0.717, 1.165) is 54.9 Å². The van der Waals surface area contributed by atoms with Crippen LogP contribution in [-0.2, 0) is 19.5 Å². The van der Waals surface area contributed by atoms with Crippen molar-refractivity contribution in [3.8, 4) is 11.5 Å². The summed E-state index contributed by atoms with van der Waals surface area (Å²) in [5.74, 6) is 2.74. The van der Waals surface area contributed by atoms with Crippen molar-refractivity contribution in [2.24, 2.45) is 0 Å². The Bertz CT molecular complexity index is 1090. The summed E-state index contributed by atoms with van der Waals surface area (Å²) in [6.07, 6.45) is 4.15. The van der Waals surface area contributed by atoms with Gasteiger partial charge in [-0.15, -0.1) is 10.2 Å². The van der Waals surface area contributed by atoms with Crippen LogP contribution in [0.4, 0.5) is 16.4 Å². The number of fused-ring (bicyclic) bond motifs is 1. The number of aromatic nitrogens is 3. The zero-order valence-corrected chi connectivity index (χ0v) is 18.8. The third-order valence-electron chi connectivity index (χ3n) is 5.75. The van der Waals surface area contributed by atoms with Gasteiger partial charge >= 0.3 is 6.03 Å². The summed E-state index contributed by atoms with van der Waals surface area (Å²) in [4.78, 5) is 15.1. The minimum absolute atomic E-state index is 0.256. The molecule has 0 saturated heterocycles. The predicted octanol–water partition coefficient (Wildman–Crippen LogP) is 4.57. The van der Waals surface area contributed by atoms with E-state index in [1.165, 1.54) is 0 Å². The molecular formula is C24H29N5O3. The van der Waals surface area contributed by atoms with Crippen molar-refractivity contribution in [2.45, 2.75) is 45.7 Å². The molecule has 0 spiro atoms. The van der Waals surface area contributed by atoms with Gasteiger partial charge in [0.1, 0.15) is 5.82 Å². The molecule has 8 nitrogen and oxygen atoms in total. The summed E-state index contributed by atoms with van der Waals surface area (Å²) in [5, 5.41) is 11.9. The summed E-state index contributed by atoms with van der Waals surface area (Å²) in [7, 11) is 3.20. The van der Waals surface area contributed by atoms with E-state index >= 15 is 0 Å². The second-order valence-corrected chi connectivity index (χ2v) is 7.90. The molecule has 0 radical (unpaired) electrons. The first kappa shape index (κ1) is 21.7. The molecule has 2 heterocycles. The Morgan fingerprint density at radius 1 is 1.06 bits per heavy atom. The molecule has 2 aromatic carbocycles. The molecule has 0 atom stereocenters. The molecule has 32 heavy (non-hydrogen) atoms. The number of carbonyl (C=O) groups is 1. The van der Waals surface area contributed by atoms with Crippen LogP contribution in [0.1, 0.15) is 36.2 Å². The van der Waals surface area contributed by atoms with Crippen LogP contribution >= 0.6 is 0 Å². The monoisotopic (exact) mass is 435 g/mol. The molecule has 1 N–H and O–H groups in total. The molecule has 1 aliphatic heterocycles. The number of urea groups is 1. The molecule has 4 rings (SSSR count). The van der Waals surface area contributed by atoms with E-state index < -0.39 is 0 Å². The van der Waals surface area contributed by atoms with Gasteiger partial charge in [0.25, 0.3) is 0 Å². The average Bonchev–Trinajstić information content (AvgIpc) is 3.05. The lowest BCUT2D eigenvalue weighted by molar-refractivity contribution is 0.256. The van der Waals surface area contributed by atoms with Crippen molar-refractivity contribution < 1.29 is 14.3 Å². The van der Waals surface area contributed by atoms with Crippen LogP contribution < -0.4 is 19.7 Å². The van der Waals surface area contributed by atoms with Gasteiger partial charge in [-0.1, -0.05) is 30.7 Å². The number of aryl methyl sites for hydroxylation is 2. The molecule has 2 amide bonds. The van der Waals surface area contributed by atoms with Crippen LogP contribution in [-0.4, -0.2) is 35.0 Å². The van der Waals surface area contributed by atoms with Crippen molar-refractivity contribution >= 4 is 17.7 Å². The molecule has 0 unspecified atom stereocenters. The minimum Gasteiger partial charge on any atom is -0.493 e. The molecule has 0 fully saturated rings. The largest absolute Gasteiger partial charge is 0.493 e. The minimum atomic E-state index is -0.256. The Kier molecular flexibility index (Phi) is 6.58. The summed E-state index contributed by atoms with van der Waals surface area (Å²) in [6, 6.07) is 13.1. The third kappa shape index (κ3) is 4.54. The quantitative estimate of drug-likeness (QED) is 0.613. The van der Waals surface area contributed by atoms with Gasteiger partial charge in [0.2, 0.25) is 5.95 Å². The highest BCUT2D eigenvalue weighted by Crippen LogP contribution is 2.29. The van der Waals surface area contributed by atoms with Gasteiger partial charge in [-0.3, -0.25) is 9.47 Å². The zero-order valence-electron chi connectivity index (χ0n) is 18.8. The number of ether oxygens (including phenoxy) is 2. The highest BCUT2D eigenvalue weighted by Gasteiger charge is 2.25. The Balaban J connectivity index is 1.69. The molecule has 0 saturated carbocycles. The van der Waals surface area contributed by atoms with E-state index in [1.54, 1.807) is 19.1 Å². The lowest BCUT2D eigenvalue weighted by Crippen LogP contribution is -2.37. The summed E-state index contributed by atoms with van der Waals surface area (Å²) >= 11 is 0. The number of benzene rings is 2. The lowest BCUT2D eigenvalue weighted by Gasteiger charge is -2.24. The van der Waals surface area contributed by atoms with E-state index in [2.05, 4.69) is 20.1 Å². The molecular weight excluding hydrogens is 406 g/mol. The Morgan fingerprint density at radius 3 is 2.66 bits per heavy atom. The van der Waals surface area contributed by atoms with Gasteiger partial charge in [-0.2, -0.15) is 0 Å². The summed E-state index contributed by atoms with van der Waals surface area (Å²) in [6.45, 7) is 3.09. The number of hydrogen-bond acceptors (Lipinski definition) is 5. The van der Waals surface area contributed by atoms with Crippen LogP contribution in [0.25, 0.3) is 0 Å². The number of rotatable bonds is 6. The van der Waals surface area contributed by atoms with Crippen molar-refractivity contribution in [3.05, 3.63) is 59.4 Å². The van der Waals surface area contributed by atoms with E-state index in [4.69, 9.17) is 9.47 Å². The Morgan fingerprint density at radius 2 is 1.88 bits per heavy atom.